The van der Waals surface area contributed by atoms with Gasteiger partial charge < -0.3 is 23.8 Å². The van der Waals surface area contributed by atoms with Crippen LogP contribution in [0.15, 0.2) is 36.4 Å². The van der Waals surface area contributed by atoms with Crippen LogP contribution in [0.1, 0.15) is 23.2 Å². The van der Waals surface area contributed by atoms with Gasteiger partial charge in [0.25, 0.3) is 11.1 Å². The second-order valence-electron chi connectivity index (χ2n) is 6.96. The Labute approximate surface area is 179 Å². The third-order valence-corrected chi connectivity index (χ3v) is 6.13. The van der Waals surface area contributed by atoms with Crippen molar-refractivity contribution in [1.82, 2.24) is 9.88 Å². The standard InChI is InChI=1S/C22H24N2O5S/c1-26-15-7-8-19-17(13-15)23-22(30-19)29-14-9-11-24(12-10-14)21(25)16-5-4-6-18(27-2)20(16)28-3/h4-8,13-14H,9-12H2,1-3H3. The molecular weight excluding hydrogens is 404 g/mol. The summed E-state index contributed by atoms with van der Waals surface area (Å²) in [5.74, 6) is 1.73. The van der Waals surface area contributed by atoms with Gasteiger partial charge in [-0.25, -0.2) is 4.98 Å². The van der Waals surface area contributed by atoms with Crippen LogP contribution in [0, 0.1) is 0 Å². The lowest BCUT2D eigenvalue weighted by atomic mass is 10.1. The third kappa shape index (κ3) is 4.00. The summed E-state index contributed by atoms with van der Waals surface area (Å²) < 4.78 is 23.1. The molecule has 8 heteroatoms. The molecule has 0 spiro atoms. The second-order valence-corrected chi connectivity index (χ2v) is 7.96. The summed E-state index contributed by atoms with van der Waals surface area (Å²) in [6.07, 6.45) is 1.53. The monoisotopic (exact) mass is 428 g/mol. The lowest BCUT2D eigenvalue weighted by Crippen LogP contribution is -2.41. The van der Waals surface area contributed by atoms with Gasteiger partial charge in [0.05, 0.1) is 37.1 Å². The van der Waals surface area contributed by atoms with Crippen LogP contribution in [0.5, 0.6) is 22.4 Å². The highest BCUT2D eigenvalue weighted by Gasteiger charge is 2.28. The van der Waals surface area contributed by atoms with E-state index in [1.165, 1.54) is 11.3 Å². The molecule has 0 saturated carbocycles. The number of carbonyl (C=O) groups is 1. The number of nitrogens with zero attached hydrogens (tertiary/aromatic N) is 2. The van der Waals surface area contributed by atoms with Crippen LogP contribution >= 0.6 is 11.3 Å². The van der Waals surface area contributed by atoms with Gasteiger partial charge in [-0.2, -0.15) is 0 Å². The van der Waals surface area contributed by atoms with E-state index in [-0.39, 0.29) is 12.0 Å². The molecule has 1 amide bonds. The predicted molar refractivity (Wildman–Crippen MR) is 115 cm³/mol. The Morgan fingerprint density at radius 3 is 2.57 bits per heavy atom. The molecule has 1 aliphatic rings. The molecule has 7 nitrogen and oxygen atoms in total. The van der Waals surface area contributed by atoms with E-state index in [1.54, 1.807) is 39.5 Å². The van der Waals surface area contributed by atoms with E-state index in [4.69, 9.17) is 18.9 Å². The molecular formula is C22H24N2O5S. The van der Waals surface area contributed by atoms with Crippen molar-refractivity contribution in [3.8, 4) is 22.4 Å². The SMILES string of the molecule is COc1ccc2sc(OC3CCN(C(=O)c4cccc(OC)c4OC)CC3)nc2c1. The van der Waals surface area contributed by atoms with Crippen LogP contribution in [0.2, 0.25) is 0 Å². The lowest BCUT2D eigenvalue weighted by Gasteiger charge is -2.32. The van der Waals surface area contributed by atoms with Crippen LogP contribution in [-0.2, 0) is 0 Å². The highest BCUT2D eigenvalue weighted by molar-refractivity contribution is 7.20. The minimum absolute atomic E-state index is 0.0312. The highest BCUT2D eigenvalue weighted by atomic mass is 32.1. The van der Waals surface area contributed by atoms with Gasteiger partial charge in [-0.05, 0) is 24.3 Å². The number of rotatable bonds is 6. The van der Waals surface area contributed by atoms with E-state index in [9.17, 15) is 4.79 Å². The molecule has 3 aromatic rings. The van der Waals surface area contributed by atoms with Gasteiger partial charge >= 0.3 is 0 Å². The lowest BCUT2D eigenvalue weighted by molar-refractivity contribution is 0.0592. The number of aromatic nitrogens is 1. The summed E-state index contributed by atoms with van der Waals surface area (Å²) in [4.78, 5) is 19.4. The number of methoxy groups -OCH3 is 3. The van der Waals surface area contributed by atoms with Crippen molar-refractivity contribution in [3.63, 3.8) is 0 Å². The van der Waals surface area contributed by atoms with Crippen molar-refractivity contribution in [1.29, 1.82) is 0 Å². The van der Waals surface area contributed by atoms with Gasteiger partial charge in [0.15, 0.2) is 11.5 Å². The maximum absolute atomic E-state index is 13.0. The third-order valence-electron chi connectivity index (χ3n) is 5.21. The molecule has 0 unspecified atom stereocenters. The summed E-state index contributed by atoms with van der Waals surface area (Å²) in [5, 5.41) is 0.650. The fourth-order valence-corrected chi connectivity index (χ4v) is 4.47. The van der Waals surface area contributed by atoms with E-state index < -0.39 is 0 Å². The van der Waals surface area contributed by atoms with E-state index in [1.807, 2.05) is 23.1 Å². The van der Waals surface area contributed by atoms with Crippen LogP contribution in [0.3, 0.4) is 0 Å². The molecule has 4 rings (SSSR count). The fraction of sp³-hybridized carbons (Fsp3) is 0.364. The predicted octanol–water partition coefficient (Wildman–Crippen LogP) is 4.01. The van der Waals surface area contributed by atoms with Gasteiger partial charge in [-0.3, -0.25) is 4.79 Å². The molecule has 0 atom stereocenters. The van der Waals surface area contributed by atoms with E-state index in [2.05, 4.69) is 4.98 Å². The second kappa shape index (κ2) is 8.79. The first-order valence-corrected chi connectivity index (χ1v) is 10.6. The molecule has 1 saturated heterocycles. The largest absolute Gasteiger partial charge is 0.497 e. The fourth-order valence-electron chi connectivity index (χ4n) is 3.61. The average Bonchev–Trinajstić information content (AvgIpc) is 3.19. The van der Waals surface area contributed by atoms with Crippen molar-refractivity contribution >= 4 is 27.5 Å². The van der Waals surface area contributed by atoms with E-state index in [0.29, 0.717) is 35.3 Å². The first kappa shape index (κ1) is 20.3. The summed E-state index contributed by atoms with van der Waals surface area (Å²) in [6.45, 7) is 1.23. The number of carbonyl (C=O) groups excluding carboxylic acids is 1. The zero-order chi connectivity index (χ0) is 21.1. The minimum Gasteiger partial charge on any atom is -0.497 e. The van der Waals surface area contributed by atoms with Gasteiger partial charge in [0.2, 0.25) is 0 Å². The Kier molecular flexibility index (Phi) is 5.94. The van der Waals surface area contributed by atoms with Crippen LogP contribution in [-0.4, -0.2) is 56.3 Å². The number of ether oxygens (including phenoxy) is 4. The summed E-state index contributed by atoms with van der Waals surface area (Å²) in [7, 11) is 4.75. The molecule has 1 aromatic heterocycles. The van der Waals surface area contributed by atoms with Gasteiger partial charge in [-0.1, -0.05) is 17.4 Å². The number of piperidine rings is 1. The summed E-state index contributed by atoms with van der Waals surface area (Å²) >= 11 is 1.52. The Bertz CT molecular complexity index is 1040. The van der Waals surface area contributed by atoms with Crippen molar-refractivity contribution in [2.24, 2.45) is 0 Å². The Hall–Kier alpha value is -3.00. The zero-order valence-corrected chi connectivity index (χ0v) is 18.0. The number of hydrogen-bond acceptors (Lipinski definition) is 7. The summed E-state index contributed by atoms with van der Waals surface area (Å²) in [5.41, 5.74) is 1.38. The summed E-state index contributed by atoms with van der Waals surface area (Å²) in [6, 6.07) is 11.2. The zero-order valence-electron chi connectivity index (χ0n) is 17.2. The topological polar surface area (TPSA) is 70.1 Å². The number of likely N-dealkylation sites (tertiary alicyclic amines) is 1. The molecule has 158 valence electrons. The first-order chi connectivity index (χ1) is 14.6. The molecule has 0 N–H and O–H groups in total. The Morgan fingerprint density at radius 2 is 1.87 bits per heavy atom. The molecule has 0 aliphatic carbocycles. The molecule has 2 aromatic carbocycles. The van der Waals surface area contributed by atoms with Gasteiger partial charge in [-0.15, -0.1) is 0 Å². The first-order valence-electron chi connectivity index (χ1n) is 9.74. The van der Waals surface area contributed by atoms with Crippen LogP contribution in [0.25, 0.3) is 10.2 Å². The number of fused-ring (bicyclic) bond motifs is 1. The molecule has 30 heavy (non-hydrogen) atoms. The number of amides is 1. The molecule has 0 radical (unpaired) electrons. The molecule has 1 aliphatic heterocycles. The van der Waals surface area contributed by atoms with Crippen molar-refractivity contribution in [2.75, 3.05) is 34.4 Å². The number of hydrogen-bond donors (Lipinski definition) is 0. The highest BCUT2D eigenvalue weighted by Crippen LogP contribution is 2.34. The van der Waals surface area contributed by atoms with E-state index >= 15 is 0 Å². The van der Waals surface area contributed by atoms with E-state index in [0.717, 1.165) is 28.8 Å². The minimum atomic E-state index is -0.0590. The molecule has 1 fully saturated rings. The smallest absolute Gasteiger partial charge is 0.274 e. The maximum atomic E-state index is 13.0. The molecule has 0 bridgehead atoms. The van der Waals surface area contributed by atoms with Crippen LogP contribution in [0.4, 0.5) is 0 Å². The molecule has 2 heterocycles. The quantitative estimate of drug-likeness (QED) is 0.591. The van der Waals surface area contributed by atoms with Gasteiger partial charge in [0.1, 0.15) is 11.9 Å². The number of thiazole rings is 1. The van der Waals surface area contributed by atoms with Crippen LogP contribution < -0.4 is 18.9 Å². The maximum Gasteiger partial charge on any atom is 0.274 e. The number of para-hydroxylation sites is 1. The normalized spacial score (nSPS) is 14.6. The van der Waals surface area contributed by atoms with Crippen molar-refractivity contribution in [2.45, 2.75) is 18.9 Å². The number of benzene rings is 2. The Balaban J connectivity index is 1.40. The van der Waals surface area contributed by atoms with Crippen molar-refractivity contribution < 1.29 is 23.7 Å². The Morgan fingerprint density at radius 1 is 1.07 bits per heavy atom. The van der Waals surface area contributed by atoms with Gasteiger partial charge in [0, 0.05) is 32.0 Å². The average molecular weight is 429 g/mol. The van der Waals surface area contributed by atoms with Crippen molar-refractivity contribution in [3.05, 3.63) is 42.0 Å².